The molecule has 100 valence electrons. The summed E-state index contributed by atoms with van der Waals surface area (Å²) >= 11 is 0. The van der Waals surface area contributed by atoms with Gasteiger partial charge in [-0.2, -0.15) is 4.39 Å². The summed E-state index contributed by atoms with van der Waals surface area (Å²) < 4.78 is 16.5. The molecule has 0 heterocycles. The van der Waals surface area contributed by atoms with E-state index in [0.717, 1.165) is 0 Å². The SMILES string of the molecule is C=C(F)C(=O)OC(CC(=O)O)C(C(=O)O)C(=O)O. The Morgan fingerprint density at radius 1 is 1.11 bits per heavy atom. The number of aliphatic carboxylic acids is 3. The number of halogens is 1. The van der Waals surface area contributed by atoms with Gasteiger partial charge in [0.1, 0.15) is 6.10 Å². The van der Waals surface area contributed by atoms with E-state index in [1.807, 2.05) is 0 Å². The van der Waals surface area contributed by atoms with Gasteiger partial charge in [-0.15, -0.1) is 0 Å². The van der Waals surface area contributed by atoms with Gasteiger partial charge >= 0.3 is 23.9 Å². The predicted molar refractivity (Wildman–Crippen MR) is 51.1 cm³/mol. The zero-order chi connectivity index (χ0) is 14.5. The van der Waals surface area contributed by atoms with Crippen molar-refractivity contribution >= 4 is 23.9 Å². The number of ether oxygens (including phenoxy) is 1. The van der Waals surface area contributed by atoms with Crippen LogP contribution in [0.3, 0.4) is 0 Å². The van der Waals surface area contributed by atoms with Crippen LogP contribution in [-0.4, -0.2) is 45.3 Å². The Labute approximate surface area is 99.3 Å². The molecule has 1 unspecified atom stereocenters. The average molecular weight is 264 g/mol. The van der Waals surface area contributed by atoms with E-state index in [1.54, 1.807) is 0 Å². The van der Waals surface area contributed by atoms with Crippen molar-refractivity contribution < 1.29 is 43.6 Å². The molecule has 18 heavy (non-hydrogen) atoms. The number of carboxylic acid groups (broad SMARTS) is 3. The highest BCUT2D eigenvalue weighted by Gasteiger charge is 2.39. The molecule has 0 aromatic rings. The van der Waals surface area contributed by atoms with Crippen molar-refractivity contribution in [2.24, 2.45) is 5.92 Å². The van der Waals surface area contributed by atoms with E-state index in [1.165, 1.54) is 0 Å². The Hall–Kier alpha value is -2.45. The molecule has 0 spiro atoms. The summed E-state index contributed by atoms with van der Waals surface area (Å²) in [4.78, 5) is 42.5. The third kappa shape index (κ3) is 4.60. The van der Waals surface area contributed by atoms with Gasteiger partial charge in [0.25, 0.3) is 0 Å². The van der Waals surface area contributed by atoms with Gasteiger partial charge in [0.2, 0.25) is 5.83 Å². The molecule has 0 aliphatic carbocycles. The molecule has 0 radical (unpaired) electrons. The van der Waals surface area contributed by atoms with Crippen molar-refractivity contribution in [2.45, 2.75) is 12.5 Å². The number of carbonyl (C=O) groups excluding carboxylic acids is 1. The van der Waals surface area contributed by atoms with Gasteiger partial charge in [0.05, 0.1) is 6.42 Å². The van der Waals surface area contributed by atoms with Crippen molar-refractivity contribution in [3.8, 4) is 0 Å². The molecule has 0 bridgehead atoms. The van der Waals surface area contributed by atoms with E-state index in [9.17, 15) is 23.6 Å². The van der Waals surface area contributed by atoms with Crippen LogP contribution in [0.15, 0.2) is 12.4 Å². The van der Waals surface area contributed by atoms with Crippen LogP contribution < -0.4 is 0 Å². The minimum Gasteiger partial charge on any atom is -0.481 e. The normalized spacial score (nSPS) is 11.7. The van der Waals surface area contributed by atoms with Crippen molar-refractivity contribution in [3.05, 3.63) is 12.4 Å². The minimum absolute atomic E-state index is 1.09. The van der Waals surface area contributed by atoms with Crippen LogP contribution in [-0.2, 0) is 23.9 Å². The summed E-state index contributed by atoms with van der Waals surface area (Å²) in [5.41, 5.74) is 0. The first-order valence-electron chi connectivity index (χ1n) is 4.39. The van der Waals surface area contributed by atoms with Gasteiger partial charge in [-0.05, 0) is 0 Å². The maximum Gasteiger partial charge on any atom is 0.366 e. The highest BCUT2D eigenvalue weighted by molar-refractivity contribution is 5.95. The van der Waals surface area contributed by atoms with Crippen molar-refractivity contribution in [1.82, 2.24) is 0 Å². The lowest BCUT2D eigenvalue weighted by molar-refractivity contribution is -0.168. The summed E-state index contributed by atoms with van der Waals surface area (Å²) in [6.07, 6.45) is -3.14. The lowest BCUT2D eigenvalue weighted by Crippen LogP contribution is -2.39. The quantitative estimate of drug-likeness (QED) is 0.322. The average Bonchev–Trinajstić information content (AvgIpc) is 2.14. The van der Waals surface area contributed by atoms with E-state index < -0.39 is 48.1 Å². The molecule has 0 saturated heterocycles. The maximum absolute atomic E-state index is 12.3. The van der Waals surface area contributed by atoms with Crippen LogP contribution in [0.4, 0.5) is 4.39 Å². The Bertz CT molecular complexity index is 387. The van der Waals surface area contributed by atoms with Gasteiger partial charge in [-0.25, -0.2) is 4.79 Å². The molecule has 1 atom stereocenters. The number of esters is 1. The van der Waals surface area contributed by atoms with Crippen LogP contribution in [0.25, 0.3) is 0 Å². The molecule has 0 aromatic carbocycles. The largest absolute Gasteiger partial charge is 0.481 e. The van der Waals surface area contributed by atoms with E-state index >= 15 is 0 Å². The lowest BCUT2D eigenvalue weighted by atomic mass is 10.00. The molecule has 0 aliphatic rings. The second-order valence-electron chi connectivity index (χ2n) is 3.10. The first kappa shape index (κ1) is 15.6. The molecule has 8 nitrogen and oxygen atoms in total. The fraction of sp³-hybridized carbons (Fsp3) is 0.333. The molecule has 0 rings (SSSR count). The topological polar surface area (TPSA) is 138 Å². The van der Waals surface area contributed by atoms with Crippen LogP contribution in [0.2, 0.25) is 0 Å². The molecule has 3 N–H and O–H groups in total. The molecule has 0 saturated carbocycles. The zero-order valence-corrected chi connectivity index (χ0v) is 8.83. The summed E-state index contributed by atoms with van der Waals surface area (Å²) in [6.45, 7) is 2.55. The Kier molecular flexibility index (Phi) is 5.46. The van der Waals surface area contributed by atoms with Gasteiger partial charge in [-0.1, -0.05) is 6.58 Å². The van der Waals surface area contributed by atoms with E-state index in [0.29, 0.717) is 0 Å². The summed E-state index contributed by atoms with van der Waals surface area (Å²) in [5, 5.41) is 25.6. The van der Waals surface area contributed by atoms with Gasteiger partial charge in [0.15, 0.2) is 5.92 Å². The predicted octanol–water partition coefficient (Wildman–Crippen LogP) is -0.359. The van der Waals surface area contributed by atoms with Crippen LogP contribution in [0, 0.1) is 5.92 Å². The van der Waals surface area contributed by atoms with Gasteiger partial charge < -0.3 is 20.1 Å². The first-order chi connectivity index (χ1) is 8.16. The number of carboxylic acids is 3. The van der Waals surface area contributed by atoms with E-state index in [-0.39, 0.29) is 0 Å². The second-order valence-corrected chi connectivity index (χ2v) is 3.10. The Morgan fingerprint density at radius 3 is 1.83 bits per heavy atom. The molecule has 0 fully saturated rings. The molecule has 0 aliphatic heterocycles. The monoisotopic (exact) mass is 264 g/mol. The third-order valence-electron chi connectivity index (χ3n) is 1.76. The Morgan fingerprint density at radius 2 is 1.56 bits per heavy atom. The van der Waals surface area contributed by atoms with Gasteiger partial charge in [-0.3, -0.25) is 14.4 Å². The summed E-state index contributed by atoms with van der Waals surface area (Å²) in [5.74, 6) is -11.1. The standard InChI is InChI=1S/C9H9FO8/c1-3(10)9(17)18-4(2-5(11)12)6(7(13)14)8(15)16/h4,6H,1-2H2,(H,11,12)(H,13,14)(H,15,16). The fourth-order valence-corrected chi connectivity index (χ4v) is 1.02. The highest BCUT2D eigenvalue weighted by atomic mass is 19.1. The minimum atomic E-state index is -2.32. The van der Waals surface area contributed by atoms with Crippen molar-refractivity contribution in [3.63, 3.8) is 0 Å². The lowest BCUT2D eigenvalue weighted by Gasteiger charge is -2.19. The second kappa shape index (κ2) is 6.33. The highest BCUT2D eigenvalue weighted by Crippen LogP contribution is 2.15. The van der Waals surface area contributed by atoms with Crippen LogP contribution in [0.1, 0.15) is 6.42 Å². The molecule has 9 heteroatoms. The summed E-state index contributed by atoms with van der Waals surface area (Å²) in [6, 6.07) is 0. The number of carbonyl (C=O) groups is 4. The number of hydrogen-bond donors (Lipinski definition) is 3. The van der Waals surface area contributed by atoms with Crippen LogP contribution in [0.5, 0.6) is 0 Å². The first-order valence-corrected chi connectivity index (χ1v) is 4.39. The zero-order valence-electron chi connectivity index (χ0n) is 8.83. The number of rotatable bonds is 7. The van der Waals surface area contributed by atoms with E-state index in [2.05, 4.69) is 11.3 Å². The smallest absolute Gasteiger partial charge is 0.366 e. The van der Waals surface area contributed by atoms with Crippen molar-refractivity contribution in [2.75, 3.05) is 0 Å². The van der Waals surface area contributed by atoms with Gasteiger partial charge in [0, 0.05) is 0 Å². The van der Waals surface area contributed by atoms with Crippen molar-refractivity contribution in [1.29, 1.82) is 0 Å². The summed E-state index contributed by atoms with van der Waals surface area (Å²) in [7, 11) is 0. The molecular weight excluding hydrogens is 255 g/mol. The fourth-order valence-electron chi connectivity index (χ4n) is 1.02. The van der Waals surface area contributed by atoms with Crippen LogP contribution >= 0.6 is 0 Å². The maximum atomic E-state index is 12.3. The molecule has 0 amide bonds. The number of hydrogen-bond acceptors (Lipinski definition) is 5. The molecular formula is C9H9FO8. The third-order valence-corrected chi connectivity index (χ3v) is 1.76. The van der Waals surface area contributed by atoms with E-state index in [4.69, 9.17) is 15.3 Å². The Balaban J connectivity index is 5.12. The molecule has 0 aromatic heterocycles.